The van der Waals surface area contributed by atoms with Gasteiger partial charge in [-0.3, -0.25) is 4.79 Å². The van der Waals surface area contributed by atoms with Gasteiger partial charge in [0.05, 0.1) is 5.52 Å². The summed E-state index contributed by atoms with van der Waals surface area (Å²) in [5.41, 5.74) is 0.495. The molecule has 0 aliphatic heterocycles. The molecule has 0 unspecified atom stereocenters. The number of halogens is 4. The van der Waals surface area contributed by atoms with Crippen molar-refractivity contribution in [2.45, 2.75) is 63.4 Å². The third-order valence-corrected chi connectivity index (χ3v) is 6.81. The van der Waals surface area contributed by atoms with Crippen molar-refractivity contribution in [2.24, 2.45) is 0 Å². The summed E-state index contributed by atoms with van der Waals surface area (Å²) in [4.78, 5) is 27.9. The molecular weight excluding hydrogens is 533 g/mol. The van der Waals surface area contributed by atoms with E-state index in [4.69, 9.17) is 16.3 Å². The van der Waals surface area contributed by atoms with E-state index in [1.54, 1.807) is 6.07 Å². The first kappa shape index (κ1) is 28.5. The number of hydrogen-bond donors (Lipinski definition) is 3. The van der Waals surface area contributed by atoms with Gasteiger partial charge in [0.1, 0.15) is 12.3 Å². The monoisotopic (exact) mass is 562 g/mol. The van der Waals surface area contributed by atoms with Gasteiger partial charge in [0, 0.05) is 41.1 Å². The van der Waals surface area contributed by atoms with Crippen LogP contribution >= 0.6 is 11.6 Å². The molecule has 0 bridgehead atoms. The number of nitrogens with zero attached hydrogens (tertiary/aromatic N) is 1. The van der Waals surface area contributed by atoms with Gasteiger partial charge in [-0.05, 0) is 61.9 Å². The summed E-state index contributed by atoms with van der Waals surface area (Å²) in [5.74, 6) is -0.101. The Kier molecular flexibility index (Phi) is 9.50. The van der Waals surface area contributed by atoms with E-state index in [9.17, 15) is 22.8 Å². The predicted molar refractivity (Wildman–Crippen MR) is 143 cm³/mol. The van der Waals surface area contributed by atoms with Gasteiger partial charge in [-0.1, -0.05) is 41.9 Å². The molecule has 1 fully saturated rings. The van der Waals surface area contributed by atoms with Crippen LogP contribution in [0.4, 0.5) is 23.7 Å². The van der Waals surface area contributed by atoms with Crippen molar-refractivity contribution in [3.05, 3.63) is 70.9 Å². The molecule has 2 aromatic carbocycles. The predicted octanol–water partition coefficient (Wildman–Crippen LogP) is 6.45. The van der Waals surface area contributed by atoms with Crippen LogP contribution in [0.3, 0.4) is 0 Å². The summed E-state index contributed by atoms with van der Waals surface area (Å²) in [6.07, 6.45) is -1.59. The van der Waals surface area contributed by atoms with Gasteiger partial charge in [-0.25, -0.2) is 9.78 Å². The minimum atomic E-state index is -4.57. The van der Waals surface area contributed by atoms with Crippen molar-refractivity contribution in [1.29, 1.82) is 0 Å². The Labute approximate surface area is 229 Å². The molecule has 0 radical (unpaired) electrons. The standard InChI is InChI=1S/C28H30ClF3N4O3/c29-19-8-13-23-22(15-19)24(16-25(36-23)28(30,31)32)34-20-9-11-21(12-10-20)35-26(37)7-4-14-33-27(38)39-17-18-5-2-1-3-6-18/h1-3,5-6,8,13,15-16,20-21H,4,7,9-12,14,17H2,(H,33,38)(H,34,36)(H,35,37). The fraction of sp³-hybridized carbons (Fsp3) is 0.393. The van der Waals surface area contributed by atoms with Crippen molar-refractivity contribution in [3.63, 3.8) is 0 Å². The lowest BCUT2D eigenvalue weighted by Gasteiger charge is -2.30. The molecule has 1 saturated carbocycles. The number of carbonyl (C=O) groups is 2. The molecule has 208 valence electrons. The molecule has 7 nitrogen and oxygen atoms in total. The normalized spacial score (nSPS) is 17.4. The van der Waals surface area contributed by atoms with Crippen molar-refractivity contribution in [3.8, 4) is 0 Å². The molecule has 39 heavy (non-hydrogen) atoms. The number of alkyl carbamates (subject to hydrolysis) is 1. The average Bonchev–Trinajstić information content (AvgIpc) is 2.91. The number of fused-ring (bicyclic) bond motifs is 1. The van der Waals surface area contributed by atoms with Gasteiger partial charge in [0.15, 0.2) is 0 Å². The highest BCUT2D eigenvalue weighted by molar-refractivity contribution is 6.31. The molecular formula is C28H30ClF3N4O3. The Bertz CT molecular complexity index is 1280. The smallest absolute Gasteiger partial charge is 0.433 e. The molecule has 3 N–H and O–H groups in total. The topological polar surface area (TPSA) is 92.4 Å². The highest BCUT2D eigenvalue weighted by Gasteiger charge is 2.34. The Morgan fingerprint density at radius 1 is 1.00 bits per heavy atom. The summed E-state index contributed by atoms with van der Waals surface area (Å²) in [7, 11) is 0. The van der Waals surface area contributed by atoms with Gasteiger partial charge in [0.25, 0.3) is 0 Å². The number of anilines is 1. The molecule has 3 aromatic rings. The highest BCUT2D eigenvalue weighted by Crippen LogP contribution is 2.35. The second kappa shape index (κ2) is 13.0. The van der Waals surface area contributed by atoms with Gasteiger partial charge in [0.2, 0.25) is 5.91 Å². The van der Waals surface area contributed by atoms with Crippen molar-refractivity contribution < 1.29 is 27.5 Å². The van der Waals surface area contributed by atoms with Crippen LogP contribution in [-0.4, -0.2) is 35.6 Å². The van der Waals surface area contributed by atoms with Gasteiger partial charge >= 0.3 is 12.3 Å². The third-order valence-electron chi connectivity index (χ3n) is 6.58. The van der Waals surface area contributed by atoms with Crippen LogP contribution < -0.4 is 16.0 Å². The zero-order valence-corrected chi connectivity index (χ0v) is 21.9. The summed E-state index contributed by atoms with van der Waals surface area (Å²) in [6.45, 7) is 0.501. The summed E-state index contributed by atoms with van der Waals surface area (Å²) in [6, 6.07) is 14.9. The molecule has 1 aromatic heterocycles. The van der Waals surface area contributed by atoms with E-state index in [1.807, 2.05) is 30.3 Å². The lowest BCUT2D eigenvalue weighted by atomic mass is 9.90. The first-order chi connectivity index (χ1) is 18.7. The van der Waals surface area contributed by atoms with E-state index in [1.165, 1.54) is 12.1 Å². The van der Waals surface area contributed by atoms with E-state index in [-0.39, 0.29) is 36.5 Å². The fourth-order valence-electron chi connectivity index (χ4n) is 4.58. The van der Waals surface area contributed by atoms with Crippen molar-refractivity contribution in [2.75, 3.05) is 11.9 Å². The van der Waals surface area contributed by atoms with Crippen LogP contribution in [0, 0.1) is 0 Å². The number of hydrogen-bond acceptors (Lipinski definition) is 5. The quantitative estimate of drug-likeness (QED) is 0.261. The SMILES string of the molecule is O=C(CCCNC(=O)OCc1ccccc1)NC1CCC(Nc2cc(C(F)(F)F)nc3ccc(Cl)cc23)CC1. The number of nitrogens with one attached hydrogen (secondary N) is 3. The third kappa shape index (κ3) is 8.48. The minimum Gasteiger partial charge on any atom is -0.445 e. The summed E-state index contributed by atoms with van der Waals surface area (Å²) in [5, 5.41) is 9.85. The van der Waals surface area contributed by atoms with E-state index < -0.39 is 18.0 Å². The van der Waals surface area contributed by atoms with Crippen LogP contribution in [0.2, 0.25) is 5.02 Å². The fourth-order valence-corrected chi connectivity index (χ4v) is 4.75. The van der Waals surface area contributed by atoms with Gasteiger partial charge in [-0.15, -0.1) is 0 Å². The molecule has 4 rings (SSSR count). The number of aromatic nitrogens is 1. The number of pyridine rings is 1. The van der Waals surface area contributed by atoms with Gasteiger partial charge < -0.3 is 20.7 Å². The number of ether oxygens (including phenoxy) is 1. The largest absolute Gasteiger partial charge is 0.445 e. The number of rotatable bonds is 9. The Hall–Kier alpha value is -3.53. The van der Waals surface area contributed by atoms with E-state index in [0.29, 0.717) is 54.7 Å². The van der Waals surface area contributed by atoms with E-state index >= 15 is 0 Å². The van der Waals surface area contributed by atoms with Crippen molar-refractivity contribution in [1.82, 2.24) is 15.6 Å². The van der Waals surface area contributed by atoms with E-state index in [0.717, 1.165) is 11.6 Å². The highest BCUT2D eigenvalue weighted by atomic mass is 35.5. The van der Waals surface area contributed by atoms with Crippen LogP contribution in [0.25, 0.3) is 10.9 Å². The zero-order chi connectivity index (χ0) is 27.8. The van der Waals surface area contributed by atoms with Crippen LogP contribution in [-0.2, 0) is 22.3 Å². The maximum Gasteiger partial charge on any atom is 0.433 e. The Morgan fingerprint density at radius 3 is 2.44 bits per heavy atom. The second-order valence-electron chi connectivity index (χ2n) is 9.57. The summed E-state index contributed by atoms with van der Waals surface area (Å²) >= 11 is 6.08. The van der Waals surface area contributed by atoms with Gasteiger partial charge in [-0.2, -0.15) is 13.2 Å². The maximum atomic E-state index is 13.4. The van der Waals surface area contributed by atoms with Crippen molar-refractivity contribution >= 4 is 40.2 Å². The summed E-state index contributed by atoms with van der Waals surface area (Å²) < 4.78 is 45.3. The Morgan fingerprint density at radius 2 is 1.72 bits per heavy atom. The first-order valence-electron chi connectivity index (χ1n) is 12.9. The zero-order valence-electron chi connectivity index (χ0n) is 21.2. The molecule has 1 aliphatic rings. The van der Waals surface area contributed by atoms with E-state index in [2.05, 4.69) is 20.9 Å². The molecule has 1 heterocycles. The maximum absolute atomic E-state index is 13.4. The van der Waals surface area contributed by atoms with Crippen LogP contribution in [0.5, 0.6) is 0 Å². The molecule has 0 atom stereocenters. The number of alkyl halides is 3. The van der Waals surface area contributed by atoms with Crippen LogP contribution in [0.15, 0.2) is 54.6 Å². The lowest BCUT2D eigenvalue weighted by molar-refractivity contribution is -0.140. The average molecular weight is 563 g/mol. The molecule has 0 saturated heterocycles. The molecule has 2 amide bonds. The van der Waals surface area contributed by atoms with Crippen LogP contribution in [0.1, 0.15) is 49.8 Å². The number of benzene rings is 2. The molecule has 11 heteroatoms. The number of carbonyl (C=O) groups excluding carboxylic acids is 2. The molecule has 0 spiro atoms. The Balaban J connectivity index is 1.19. The first-order valence-corrected chi connectivity index (χ1v) is 13.2. The second-order valence-corrected chi connectivity index (χ2v) is 10.0. The minimum absolute atomic E-state index is 0.00582. The number of amides is 2. The molecule has 1 aliphatic carbocycles. The lowest BCUT2D eigenvalue weighted by Crippen LogP contribution is -2.40.